The van der Waals surface area contributed by atoms with Gasteiger partial charge in [-0.3, -0.25) is 10.1 Å². The molecule has 0 spiro atoms. The van der Waals surface area contributed by atoms with Gasteiger partial charge in [0.1, 0.15) is 17.8 Å². The van der Waals surface area contributed by atoms with E-state index < -0.39 is 0 Å². The molecular weight excluding hydrogens is 208 g/mol. The predicted octanol–water partition coefficient (Wildman–Crippen LogP) is 1.36. The Balaban J connectivity index is 1.94. The van der Waals surface area contributed by atoms with Crippen LogP contribution < -0.4 is 5.32 Å². The molecule has 0 aliphatic rings. The topological polar surface area (TPSA) is 83.8 Å². The summed E-state index contributed by atoms with van der Waals surface area (Å²) in [5, 5.41) is 8.63. The van der Waals surface area contributed by atoms with Crippen molar-refractivity contribution in [3.05, 3.63) is 36.1 Å². The molecule has 0 atom stereocenters. The number of carbonyl (C=O) groups excluding carboxylic acids is 1. The van der Waals surface area contributed by atoms with Crippen LogP contribution in [0.15, 0.2) is 29.0 Å². The summed E-state index contributed by atoms with van der Waals surface area (Å²) >= 11 is 0. The second kappa shape index (κ2) is 4.43. The van der Waals surface area contributed by atoms with E-state index in [0.29, 0.717) is 11.7 Å². The van der Waals surface area contributed by atoms with Crippen molar-refractivity contribution in [3.8, 4) is 0 Å². The van der Waals surface area contributed by atoms with Crippen LogP contribution in [0.25, 0.3) is 6.08 Å². The van der Waals surface area contributed by atoms with E-state index in [4.69, 9.17) is 4.42 Å². The maximum atomic E-state index is 11.4. The Morgan fingerprint density at radius 1 is 1.56 bits per heavy atom. The molecule has 16 heavy (non-hydrogen) atoms. The van der Waals surface area contributed by atoms with Gasteiger partial charge in [-0.25, -0.2) is 5.10 Å². The number of H-pyrrole nitrogens is 1. The van der Waals surface area contributed by atoms with Gasteiger partial charge >= 0.3 is 0 Å². The molecule has 0 bridgehead atoms. The Labute approximate surface area is 91.4 Å². The normalized spacial score (nSPS) is 10.8. The zero-order chi connectivity index (χ0) is 11.4. The number of hydrogen-bond acceptors (Lipinski definition) is 4. The number of nitrogens with one attached hydrogen (secondary N) is 2. The van der Waals surface area contributed by atoms with E-state index in [1.54, 1.807) is 12.1 Å². The summed E-state index contributed by atoms with van der Waals surface area (Å²) in [6.45, 7) is 1.84. The number of furan rings is 1. The first kappa shape index (κ1) is 10.2. The fraction of sp³-hybridized carbons (Fsp3) is 0.100. The number of amides is 1. The minimum Gasteiger partial charge on any atom is -0.462 e. The quantitative estimate of drug-likeness (QED) is 0.762. The van der Waals surface area contributed by atoms with Crippen LogP contribution >= 0.6 is 0 Å². The Morgan fingerprint density at radius 2 is 2.44 bits per heavy atom. The third-order valence-corrected chi connectivity index (χ3v) is 1.82. The molecule has 2 N–H and O–H groups in total. The van der Waals surface area contributed by atoms with Gasteiger partial charge < -0.3 is 4.42 Å². The predicted molar refractivity (Wildman–Crippen MR) is 57.5 cm³/mol. The first-order valence-corrected chi connectivity index (χ1v) is 4.65. The van der Waals surface area contributed by atoms with Gasteiger partial charge in [-0.2, -0.15) is 10.1 Å². The maximum absolute atomic E-state index is 11.4. The molecule has 6 heteroatoms. The highest BCUT2D eigenvalue weighted by molar-refractivity contribution is 6.00. The van der Waals surface area contributed by atoms with E-state index in [2.05, 4.69) is 20.5 Å². The summed E-state index contributed by atoms with van der Waals surface area (Å²) < 4.78 is 5.27. The number of hydrogen-bond donors (Lipinski definition) is 2. The molecule has 0 saturated carbocycles. The van der Waals surface area contributed by atoms with E-state index in [1.165, 1.54) is 12.4 Å². The summed E-state index contributed by atoms with van der Waals surface area (Å²) in [6, 6.07) is 3.61. The van der Waals surface area contributed by atoms with Crippen molar-refractivity contribution >= 4 is 17.9 Å². The molecule has 2 rings (SSSR count). The molecule has 0 aromatic carbocycles. The van der Waals surface area contributed by atoms with E-state index in [9.17, 15) is 4.79 Å². The third-order valence-electron chi connectivity index (χ3n) is 1.82. The van der Waals surface area contributed by atoms with Gasteiger partial charge in [-0.15, -0.1) is 0 Å². The van der Waals surface area contributed by atoms with Crippen molar-refractivity contribution in [1.29, 1.82) is 0 Å². The van der Waals surface area contributed by atoms with Crippen LogP contribution in [0.4, 0.5) is 5.95 Å². The molecule has 82 valence electrons. The number of aromatic nitrogens is 3. The fourth-order valence-corrected chi connectivity index (χ4v) is 1.12. The lowest BCUT2D eigenvalue weighted by Crippen LogP contribution is -2.08. The number of anilines is 1. The van der Waals surface area contributed by atoms with Gasteiger partial charge in [0.05, 0.1) is 0 Å². The maximum Gasteiger partial charge on any atom is 0.250 e. The Hall–Kier alpha value is -2.37. The monoisotopic (exact) mass is 218 g/mol. The molecule has 0 saturated heterocycles. The summed E-state index contributed by atoms with van der Waals surface area (Å²) in [5.41, 5.74) is 0. The van der Waals surface area contributed by atoms with Crippen LogP contribution in [-0.4, -0.2) is 21.1 Å². The number of nitrogens with zero attached hydrogens (tertiary/aromatic N) is 2. The van der Waals surface area contributed by atoms with E-state index in [0.717, 1.165) is 5.76 Å². The largest absolute Gasteiger partial charge is 0.462 e. The SMILES string of the molecule is Cc1ccc(C=CC(=O)Nc2ncn[nH]2)o1. The second-order valence-electron chi connectivity index (χ2n) is 3.11. The lowest BCUT2D eigenvalue weighted by atomic mass is 10.4. The molecular formula is C10H10N4O2. The number of rotatable bonds is 3. The van der Waals surface area contributed by atoms with E-state index in [-0.39, 0.29) is 5.91 Å². The highest BCUT2D eigenvalue weighted by atomic mass is 16.3. The van der Waals surface area contributed by atoms with Gasteiger partial charge in [-0.1, -0.05) is 0 Å². The van der Waals surface area contributed by atoms with Crippen LogP contribution in [0.1, 0.15) is 11.5 Å². The van der Waals surface area contributed by atoms with Crippen LogP contribution in [-0.2, 0) is 4.79 Å². The molecule has 2 aromatic rings. The number of aromatic amines is 1. The van der Waals surface area contributed by atoms with Gasteiger partial charge in [-0.05, 0) is 25.1 Å². The average molecular weight is 218 g/mol. The van der Waals surface area contributed by atoms with E-state index in [1.807, 2.05) is 13.0 Å². The first-order chi connectivity index (χ1) is 7.74. The molecule has 0 fully saturated rings. The Morgan fingerprint density at radius 3 is 3.06 bits per heavy atom. The minimum absolute atomic E-state index is 0.300. The third kappa shape index (κ3) is 2.57. The van der Waals surface area contributed by atoms with Gasteiger partial charge in [0.2, 0.25) is 5.95 Å². The summed E-state index contributed by atoms with van der Waals surface area (Å²) in [4.78, 5) is 15.1. The molecule has 0 aliphatic heterocycles. The van der Waals surface area contributed by atoms with Crippen LogP contribution in [0.2, 0.25) is 0 Å². The minimum atomic E-state index is -0.300. The fourth-order valence-electron chi connectivity index (χ4n) is 1.12. The molecule has 2 heterocycles. The van der Waals surface area contributed by atoms with Crippen molar-refractivity contribution in [2.24, 2.45) is 0 Å². The lowest BCUT2D eigenvalue weighted by Gasteiger charge is -1.93. The Bertz CT molecular complexity index is 499. The number of aryl methyl sites for hydroxylation is 1. The zero-order valence-corrected chi connectivity index (χ0v) is 8.60. The zero-order valence-electron chi connectivity index (χ0n) is 8.60. The highest BCUT2D eigenvalue weighted by Gasteiger charge is 2.00. The molecule has 0 radical (unpaired) electrons. The molecule has 1 amide bonds. The van der Waals surface area contributed by atoms with Crippen LogP contribution in [0.5, 0.6) is 0 Å². The van der Waals surface area contributed by atoms with Crippen molar-refractivity contribution in [2.75, 3.05) is 5.32 Å². The molecule has 2 aromatic heterocycles. The van der Waals surface area contributed by atoms with Crippen molar-refractivity contribution in [1.82, 2.24) is 15.2 Å². The molecule has 0 aliphatic carbocycles. The average Bonchev–Trinajstić information content (AvgIpc) is 2.87. The number of carbonyl (C=O) groups is 1. The summed E-state index contributed by atoms with van der Waals surface area (Å²) in [5.74, 6) is 1.44. The summed E-state index contributed by atoms with van der Waals surface area (Å²) in [6.07, 6.45) is 4.26. The van der Waals surface area contributed by atoms with Gasteiger partial charge in [0.25, 0.3) is 5.91 Å². The molecule has 0 unspecified atom stereocenters. The van der Waals surface area contributed by atoms with Crippen molar-refractivity contribution in [2.45, 2.75) is 6.92 Å². The van der Waals surface area contributed by atoms with Crippen LogP contribution in [0, 0.1) is 6.92 Å². The van der Waals surface area contributed by atoms with Gasteiger partial charge in [0, 0.05) is 6.08 Å². The van der Waals surface area contributed by atoms with Gasteiger partial charge in [0.15, 0.2) is 0 Å². The standard InChI is InChI=1S/C10H10N4O2/c1-7-2-3-8(16-7)4-5-9(15)13-10-11-6-12-14-10/h2-6H,1H3,(H2,11,12,13,14,15). The van der Waals surface area contributed by atoms with Crippen molar-refractivity contribution in [3.63, 3.8) is 0 Å². The lowest BCUT2D eigenvalue weighted by molar-refractivity contribution is -0.111. The van der Waals surface area contributed by atoms with E-state index >= 15 is 0 Å². The van der Waals surface area contributed by atoms with Crippen molar-refractivity contribution < 1.29 is 9.21 Å². The highest BCUT2D eigenvalue weighted by Crippen LogP contribution is 2.07. The summed E-state index contributed by atoms with van der Waals surface area (Å²) in [7, 11) is 0. The Kier molecular flexibility index (Phi) is 2.81. The molecule has 6 nitrogen and oxygen atoms in total. The van der Waals surface area contributed by atoms with Crippen LogP contribution in [0.3, 0.4) is 0 Å². The second-order valence-corrected chi connectivity index (χ2v) is 3.11. The smallest absolute Gasteiger partial charge is 0.250 e. The first-order valence-electron chi connectivity index (χ1n) is 4.65.